The summed E-state index contributed by atoms with van der Waals surface area (Å²) in [5.41, 5.74) is 1.63. The molecule has 18 heavy (non-hydrogen) atoms. The Bertz CT molecular complexity index is 379. The molecular weight excluding hydrogens is 227 g/mol. The number of piperazine rings is 1. The molecule has 1 saturated heterocycles. The van der Waals surface area contributed by atoms with Gasteiger partial charge in [0.2, 0.25) is 0 Å². The second-order valence-corrected chi connectivity index (χ2v) is 4.78. The lowest BCUT2D eigenvalue weighted by Crippen LogP contribution is -2.46. The molecule has 0 amide bonds. The fraction of sp³-hybridized carbons (Fsp3) is 0.538. The molecule has 0 atom stereocenters. The molecule has 5 heteroatoms. The minimum atomic E-state index is -1.38. The molecule has 98 valence electrons. The number of likely N-dealkylation sites (N-methyl/N-ethyl adjacent to an activating group) is 1. The number of nitrogens with zero attached hydrogens (tertiary/aromatic N) is 2. The van der Waals surface area contributed by atoms with Gasteiger partial charge in [0, 0.05) is 32.7 Å². The molecule has 0 aromatic heterocycles. The van der Waals surface area contributed by atoms with Crippen molar-refractivity contribution in [2.75, 3.05) is 32.7 Å². The highest BCUT2D eigenvalue weighted by Gasteiger charge is 2.19. The van der Waals surface area contributed by atoms with Gasteiger partial charge in [-0.25, -0.2) is 0 Å². The van der Waals surface area contributed by atoms with Gasteiger partial charge in [-0.2, -0.15) is 0 Å². The number of rotatable bonds is 4. The second kappa shape index (κ2) is 6.34. The SMILES string of the molecule is CCN1CCN(Cc2ccccc2B(O)O)CC1. The lowest BCUT2D eigenvalue weighted by atomic mass is 9.77. The van der Waals surface area contributed by atoms with Crippen molar-refractivity contribution in [3.05, 3.63) is 29.8 Å². The standard InChI is InChI=1S/C13H21BN2O2/c1-2-15-7-9-16(10-8-15)11-12-5-3-4-6-13(12)14(17)18/h3-6,17-18H,2,7-11H2,1H3. The van der Waals surface area contributed by atoms with Crippen LogP contribution in [0.15, 0.2) is 24.3 Å². The largest absolute Gasteiger partial charge is 0.488 e. The van der Waals surface area contributed by atoms with E-state index in [0.717, 1.165) is 44.8 Å². The number of hydrogen-bond donors (Lipinski definition) is 2. The van der Waals surface area contributed by atoms with E-state index >= 15 is 0 Å². The second-order valence-electron chi connectivity index (χ2n) is 4.78. The highest BCUT2D eigenvalue weighted by Crippen LogP contribution is 2.07. The van der Waals surface area contributed by atoms with Crippen LogP contribution < -0.4 is 5.46 Å². The van der Waals surface area contributed by atoms with Crippen LogP contribution in [0.1, 0.15) is 12.5 Å². The normalized spacial score (nSPS) is 17.9. The molecule has 1 aromatic carbocycles. The maximum absolute atomic E-state index is 9.34. The van der Waals surface area contributed by atoms with E-state index in [-0.39, 0.29) is 0 Å². The summed E-state index contributed by atoms with van der Waals surface area (Å²) in [6, 6.07) is 7.54. The molecule has 0 aliphatic carbocycles. The third-order valence-corrected chi connectivity index (χ3v) is 3.64. The van der Waals surface area contributed by atoms with Crippen LogP contribution in [-0.2, 0) is 6.54 Å². The van der Waals surface area contributed by atoms with Gasteiger partial charge in [-0.1, -0.05) is 31.2 Å². The van der Waals surface area contributed by atoms with Gasteiger partial charge >= 0.3 is 7.12 Å². The van der Waals surface area contributed by atoms with Crippen molar-refractivity contribution in [3.63, 3.8) is 0 Å². The molecule has 1 aliphatic heterocycles. The van der Waals surface area contributed by atoms with Gasteiger partial charge in [-0.05, 0) is 17.6 Å². The van der Waals surface area contributed by atoms with Crippen LogP contribution in [-0.4, -0.2) is 59.7 Å². The highest BCUT2D eigenvalue weighted by molar-refractivity contribution is 6.59. The van der Waals surface area contributed by atoms with Crippen molar-refractivity contribution in [2.45, 2.75) is 13.5 Å². The number of hydrogen-bond acceptors (Lipinski definition) is 4. The van der Waals surface area contributed by atoms with Crippen molar-refractivity contribution < 1.29 is 10.0 Å². The summed E-state index contributed by atoms with van der Waals surface area (Å²) in [6.07, 6.45) is 0. The van der Waals surface area contributed by atoms with Gasteiger partial charge in [0.15, 0.2) is 0 Å². The van der Waals surface area contributed by atoms with Crippen molar-refractivity contribution in [2.24, 2.45) is 0 Å². The minimum Gasteiger partial charge on any atom is -0.423 e. The Morgan fingerprint density at radius 2 is 1.67 bits per heavy atom. The molecule has 0 bridgehead atoms. The third-order valence-electron chi connectivity index (χ3n) is 3.64. The van der Waals surface area contributed by atoms with Crippen LogP contribution in [0.4, 0.5) is 0 Å². The summed E-state index contributed by atoms with van der Waals surface area (Å²) in [4.78, 5) is 4.80. The fourth-order valence-corrected chi connectivity index (χ4v) is 2.43. The van der Waals surface area contributed by atoms with E-state index in [1.165, 1.54) is 0 Å². The Kier molecular flexibility index (Phi) is 4.77. The van der Waals surface area contributed by atoms with Crippen LogP contribution in [0.5, 0.6) is 0 Å². The molecule has 1 aliphatic rings. The van der Waals surface area contributed by atoms with Crippen LogP contribution in [0.3, 0.4) is 0 Å². The van der Waals surface area contributed by atoms with Gasteiger partial charge in [0.25, 0.3) is 0 Å². The van der Waals surface area contributed by atoms with E-state index in [2.05, 4.69) is 16.7 Å². The smallest absolute Gasteiger partial charge is 0.423 e. The van der Waals surface area contributed by atoms with Crippen LogP contribution in [0.25, 0.3) is 0 Å². The monoisotopic (exact) mass is 248 g/mol. The average Bonchev–Trinajstić information content (AvgIpc) is 2.40. The molecule has 1 fully saturated rings. The molecule has 0 radical (unpaired) electrons. The summed E-state index contributed by atoms with van der Waals surface area (Å²) in [7, 11) is -1.38. The molecule has 2 rings (SSSR count). The predicted octanol–water partition coefficient (Wildman–Crippen LogP) is -0.496. The Balaban J connectivity index is 1.98. The zero-order valence-corrected chi connectivity index (χ0v) is 10.9. The molecule has 0 spiro atoms. The third kappa shape index (κ3) is 3.33. The highest BCUT2D eigenvalue weighted by atomic mass is 16.4. The van der Waals surface area contributed by atoms with E-state index in [9.17, 15) is 10.0 Å². The van der Waals surface area contributed by atoms with E-state index in [4.69, 9.17) is 0 Å². The van der Waals surface area contributed by atoms with Crippen molar-refractivity contribution in [1.82, 2.24) is 9.80 Å². The maximum Gasteiger partial charge on any atom is 0.488 e. The van der Waals surface area contributed by atoms with Crippen molar-refractivity contribution >= 4 is 12.6 Å². The first kappa shape index (κ1) is 13.6. The van der Waals surface area contributed by atoms with Gasteiger partial charge < -0.3 is 14.9 Å². The first-order chi connectivity index (χ1) is 8.70. The van der Waals surface area contributed by atoms with Gasteiger partial charge in [-0.3, -0.25) is 4.90 Å². The van der Waals surface area contributed by atoms with Crippen LogP contribution in [0, 0.1) is 0 Å². The topological polar surface area (TPSA) is 46.9 Å². The lowest BCUT2D eigenvalue weighted by Gasteiger charge is -2.34. The van der Waals surface area contributed by atoms with E-state index in [1.807, 2.05) is 18.2 Å². The molecule has 4 nitrogen and oxygen atoms in total. The van der Waals surface area contributed by atoms with E-state index in [1.54, 1.807) is 6.07 Å². The Hall–Kier alpha value is -0.875. The van der Waals surface area contributed by atoms with Crippen molar-refractivity contribution in [3.8, 4) is 0 Å². The van der Waals surface area contributed by atoms with Gasteiger partial charge in [0.1, 0.15) is 0 Å². The van der Waals surface area contributed by atoms with Crippen LogP contribution >= 0.6 is 0 Å². The van der Waals surface area contributed by atoms with Gasteiger partial charge in [-0.15, -0.1) is 0 Å². The maximum atomic E-state index is 9.34. The lowest BCUT2D eigenvalue weighted by molar-refractivity contribution is 0.132. The molecule has 1 heterocycles. The minimum absolute atomic E-state index is 0.621. The van der Waals surface area contributed by atoms with Gasteiger partial charge in [0.05, 0.1) is 0 Å². The first-order valence-corrected chi connectivity index (χ1v) is 6.59. The number of benzene rings is 1. The summed E-state index contributed by atoms with van der Waals surface area (Å²) in [6.45, 7) is 8.38. The molecular formula is C13H21BN2O2. The molecule has 0 unspecified atom stereocenters. The quantitative estimate of drug-likeness (QED) is 0.705. The Morgan fingerprint density at radius 3 is 2.28 bits per heavy atom. The fourth-order valence-electron chi connectivity index (χ4n) is 2.43. The molecule has 1 aromatic rings. The van der Waals surface area contributed by atoms with Crippen molar-refractivity contribution in [1.29, 1.82) is 0 Å². The predicted molar refractivity (Wildman–Crippen MR) is 73.7 cm³/mol. The Morgan fingerprint density at radius 1 is 1.06 bits per heavy atom. The molecule has 0 saturated carbocycles. The van der Waals surface area contributed by atoms with E-state index < -0.39 is 7.12 Å². The van der Waals surface area contributed by atoms with Crippen LogP contribution in [0.2, 0.25) is 0 Å². The van der Waals surface area contributed by atoms with E-state index in [0.29, 0.717) is 5.46 Å². The first-order valence-electron chi connectivity index (χ1n) is 6.59. The average molecular weight is 248 g/mol. The Labute approximate surface area is 109 Å². The summed E-state index contributed by atoms with van der Waals surface area (Å²) in [5, 5.41) is 18.7. The summed E-state index contributed by atoms with van der Waals surface area (Å²) >= 11 is 0. The summed E-state index contributed by atoms with van der Waals surface area (Å²) in [5.74, 6) is 0. The summed E-state index contributed by atoms with van der Waals surface area (Å²) < 4.78 is 0. The molecule has 2 N–H and O–H groups in total. The zero-order valence-electron chi connectivity index (χ0n) is 10.9. The zero-order chi connectivity index (χ0) is 13.0.